The van der Waals surface area contributed by atoms with E-state index in [2.05, 4.69) is 32.1 Å². The van der Waals surface area contributed by atoms with Crippen LogP contribution in [0.5, 0.6) is 0 Å². The molecule has 104 valence electrons. The lowest BCUT2D eigenvalue weighted by Gasteiger charge is -2.06. The van der Waals surface area contributed by atoms with Gasteiger partial charge in [0.1, 0.15) is 12.2 Å². The summed E-state index contributed by atoms with van der Waals surface area (Å²) in [5.74, 6) is 0.836. The fraction of sp³-hybridized carbons (Fsp3) is 0.800. The van der Waals surface area contributed by atoms with Crippen molar-refractivity contribution in [1.82, 2.24) is 25.2 Å². The number of hydrogen-bond acceptors (Lipinski definition) is 5. The molecule has 1 rings (SSSR count). The van der Waals surface area contributed by atoms with E-state index >= 15 is 0 Å². The first-order valence-corrected chi connectivity index (χ1v) is 7.81. The Bertz CT molecular complexity index is 404. The van der Waals surface area contributed by atoms with Crippen LogP contribution in [0.25, 0.3) is 0 Å². The largest absolute Gasteiger partial charge is 0.317 e. The zero-order chi connectivity index (χ0) is 13.3. The number of hydrogen-bond donors (Lipinski definition) is 3. The highest BCUT2D eigenvalue weighted by atomic mass is 32.2. The van der Waals surface area contributed by atoms with Gasteiger partial charge in [-0.05, 0) is 25.9 Å². The summed E-state index contributed by atoms with van der Waals surface area (Å²) in [6.45, 7) is 4.09. The molecular formula is C10H21N5O2S. The zero-order valence-corrected chi connectivity index (χ0v) is 11.5. The van der Waals surface area contributed by atoms with Crippen molar-refractivity contribution in [2.45, 2.75) is 26.2 Å². The molecule has 0 unspecified atom stereocenters. The van der Waals surface area contributed by atoms with Crippen molar-refractivity contribution < 1.29 is 8.42 Å². The normalized spacial score (nSPS) is 11.8. The van der Waals surface area contributed by atoms with Crippen molar-refractivity contribution in [1.29, 1.82) is 0 Å². The minimum atomic E-state index is -3.17. The molecule has 1 aromatic rings. The van der Waals surface area contributed by atoms with Crippen molar-refractivity contribution in [3.63, 3.8) is 0 Å². The fourth-order valence-corrected chi connectivity index (χ4v) is 2.52. The smallest absolute Gasteiger partial charge is 0.211 e. The molecule has 0 radical (unpaired) electrons. The molecule has 0 aliphatic carbocycles. The van der Waals surface area contributed by atoms with Gasteiger partial charge >= 0.3 is 0 Å². The van der Waals surface area contributed by atoms with E-state index in [1.807, 2.05) is 0 Å². The molecule has 18 heavy (non-hydrogen) atoms. The van der Waals surface area contributed by atoms with Gasteiger partial charge in [-0.3, -0.25) is 5.10 Å². The van der Waals surface area contributed by atoms with E-state index < -0.39 is 10.0 Å². The van der Waals surface area contributed by atoms with E-state index in [4.69, 9.17) is 0 Å². The Kier molecular flexibility index (Phi) is 6.84. The van der Waals surface area contributed by atoms with Crippen molar-refractivity contribution in [2.75, 3.05) is 25.4 Å². The summed E-state index contributed by atoms with van der Waals surface area (Å²) in [6, 6.07) is 0. The second kappa shape index (κ2) is 8.17. The summed E-state index contributed by atoms with van der Waals surface area (Å²) in [7, 11) is -3.17. The van der Waals surface area contributed by atoms with E-state index in [1.54, 1.807) is 0 Å². The summed E-state index contributed by atoms with van der Waals surface area (Å²) in [5, 5.41) is 9.55. The number of nitrogens with one attached hydrogen (secondary N) is 3. The van der Waals surface area contributed by atoms with Gasteiger partial charge in [0.15, 0.2) is 0 Å². The number of rotatable bonds is 10. The highest BCUT2D eigenvalue weighted by molar-refractivity contribution is 7.89. The third kappa shape index (κ3) is 6.67. The lowest BCUT2D eigenvalue weighted by molar-refractivity contribution is 0.574. The van der Waals surface area contributed by atoms with Gasteiger partial charge in [-0.1, -0.05) is 6.92 Å². The van der Waals surface area contributed by atoms with Crippen LogP contribution >= 0.6 is 0 Å². The minimum absolute atomic E-state index is 0.153. The van der Waals surface area contributed by atoms with Gasteiger partial charge in [-0.25, -0.2) is 18.1 Å². The van der Waals surface area contributed by atoms with Crippen LogP contribution in [-0.4, -0.2) is 49.0 Å². The lowest BCUT2D eigenvalue weighted by atomic mass is 10.4. The summed E-state index contributed by atoms with van der Waals surface area (Å²) < 4.78 is 25.8. The molecule has 0 amide bonds. The molecule has 0 bridgehead atoms. The van der Waals surface area contributed by atoms with Gasteiger partial charge in [0.2, 0.25) is 10.0 Å². The molecule has 0 saturated heterocycles. The Morgan fingerprint density at radius 3 is 2.83 bits per heavy atom. The monoisotopic (exact) mass is 275 g/mol. The summed E-state index contributed by atoms with van der Waals surface area (Å²) in [5.41, 5.74) is 0. The van der Waals surface area contributed by atoms with Crippen molar-refractivity contribution >= 4 is 10.0 Å². The van der Waals surface area contributed by atoms with Crippen LogP contribution in [0.1, 0.15) is 25.6 Å². The van der Waals surface area contributed by atoms with Gasteiger partial charge in [0.05, 0.1) is 5.75 Å². The number of aromatic amines is 1. The van der Waals surface area contributed by atoms with Crippen molar-refractivity contribution in [3.8, 4) is 0 Å². The molecule has 1 heterocycles. The average molecular weight is 275 g/mol. The second-order valence-corrected chi connectivity index (χ2v) is 5.93. The number of aromatic nitrogens is 3. The summed E-state index contributed by atoms with van der Waals surface area (Å²) in [4.78, 5) is 3.92. The SMILES string of the molecule is CCCNCCCS(=O)(=O)NCCc1ncn[nH]1. The summed E-state index contributed by atoms with van der Waals surface area (Å²) >= 11 is 0. The first kappa shape index (κ1) is 15.1. The van der Waals surface area contributed by atoms with Crippen LogP contribution in [0, 0.1) is 0 Å². The van der Waals surface area contributed by atoms with Crippen LogP contribution in [0.3, 0.4) is 0 Å². The molecule has 3 N–H and O–H groups in total. The molecule has 0 spiro atoms. The van der Waals surface area contributed by atoms with Crippen LogP contribution in [0.15, 0.2) is 6.33 Å². The van der Waals surface area contributed by atoms with Crippen LogP contribution < -0.4 is 10.0 Å². The summed E-state index contributed by atoms with van der Waals surface area (Å²) in [6.07, 6.45) is 3.61. The van der Waals surface area contributed by atoms with Crippen molar-refractivity contribution in [3.05, 3.63) is 12.2 Å². The molecule has 0 atom stereocenters. The first-order valence-electron chi connectivity index (χ1n) is 6.16. The van der Waals surface area contributed by atoms with E-state index in [1.165, 1.54) is 6.33 Å². The standard InChI is InChI=1S/C10H21N5O2S/c1-2-5-11-6-3-8-18(16,17)14-7-4-10-12-9-13-15-10/h9,11,14H,2-8H2,1H3,(H,12,13,15). The topological polar surface area (TPSA) is 99.8 Å². The van der Waals surface area contributed by atoms with Gasteiger partial charge in [0.25, 0.3) is 0 Å². The molecule has 0 aliphatic heterocycles. The van der Waals surface area contributed by atoms with Crippen LogP contribution in [-0.2, 0) is 16.4 Å². The Hall–Kier alpha value is -0.990. The van der Waals surface area contributed by atoms with Crippen LogP contribution in [0.2, 0.25) is 0 Å². The third-order valence-electron chi connectivity index (χ3n) is 2.34. The van der Waals surface area contributed by atoms with Gasteiger partial charge in [-0.2, -0.15) is 5.10 Å². The maximum Gasteiger partial charge on any atom is 0.211 e. The van der Waals surface area contributed by atoms with E-state index in [0.29, 0.717) is 25.2 Å². The fourth-order valence-electron chi connectivity index (χ4n) is 1.44. The molecule has 0 saturated carbocycles. The highest BCUT2D eigenvalue weighted by Crippen LogP contribution is 1.91. The lowest BCUT2D eigenvalue weighted by Crippen LogP contribution is -2.30. The zero-order valence-electron chi connectivity index (χ0n) is 10.6. The Morgan fingerprint density at radius 1 is 1.33 bits per heavy atom. The minimum Gasteiger partial charge on any atom is -0.317 e. The third-order valence-corrected chi connectivity index (χ3v) is 3.81. The molecule has 0 fully saturated rings. The van der Waals surface area contributed by atoms with Crippen LogP contribution in [0.4, 0.5) is 0 Å². The predicted octanol–water partition coefficient (Wildman–Crippen LogP) is -0.344. The molecule has 1 aromatic heterocycles. The number of nitrogens with zero attached hydrogens (tertiary/aromatic N) is 2. The number of H-pyrrole nitrogens is 1. The Balaban J connectivity index is 2.11. The van der Waals surface area contributed by atoms with E-state index in [0.717, 1.165) is 19.5 Å². The maximum absolute atomic E-state index is 11.6. The van der Waals surface area contributed by atoms with Gasteiger partial charge < -0.3 is 5.32 Å². The molecule has 7 nitrogen and oxygen atoms in total. The quantitative estimate of drug-likeness (QED) is 0.507. The maximum atomic E-state index is 11.6. The van der Waals surface area contributed by atoms with Crippen molar-refractivity contribution in [2.24, 2.45) is 0 Å². The average Bonchev–Trinajstić information content (AvgIpc) is 2.81. The molecule has 0 aliphatic rings. The Morgan fingerprint density at radius 2 is 2.17 bits per heavy atom. The number of sulfonamides is 1. The molecule has 8 heteroatoms. The Labute approximate surface area is 108 Å². The highest BCUT2D eigenvalue weighted by Gasteiger charge is 2.09. The second-order valence-electron chi connectivity index (χ2n) is 4.00. The molecule has 0 aromatic carbocycles. The predicted molar refractivity (Wildman–Crippen MR) is 69.7 cm³/mol. The van der Waals surface area contributed by atoms with E-state index in [-0.39, 0.29) is 5.75 Å². The van der Waals surface area contributed by atoms with Gasteiger partial charge in [-0.15, -0.1) is 0 Å². The van der Waals surface area contributed by atoms with E-state index in [9.17, 15) is 8.42 Å². The molecular weight excluding hydrogens is 254 g/mol. The van der Waals surface area contributed by atoms with Gasteiger partial charge in [0, 0.05) is 13.0 Å². The first-order chi connectivity index (χ1) is 8.64.